The lowest BCUT2D eigenvalue weighted by molar-refractivity contribution is 0.597. The molecule has 41 heavy (non-hydrogen) atoms. The molecule has 4 aromatic heterocycles. The van der Waals surface area contributed by atoms with Gasteiger partial charge in [-0.25, -0.2) is 0 Å². The van der Waals surface area contributed by atoms with Crippen LogP contribution in [0, 0.1) is 11.3 Å². The Kier molecular flexibility index (Phi) is 3.82. The lowest BCUT2D eigenvalue weighted by Crippen LogP contribution is -1.89. The molecule has 0 saturated carbocycles. The van der Waals surface area contributed by atoms with Crippen molar-refractivity contribution >= 4 is 77.1 Å². The van der Waals surface area contributed by atoms with Gasteiger partial charge >= 0.3 is 0 Å². The van der Waals surface area contributed by atoms with Gasteiger partial charge in [0, 0.05) is 43.3 Å². The number of aromatic nitrogens is 1. The zero-order valence-electron chi connectivity index (χ0n) is 21.9. The van der Waals surface area contributed by atoms with E-state index in [2.05, 4.69) is 71.2 Å². The number of nitriles is 1. The van der Waals surface area contributed by atoms with Gasteiger partial charge in [-0.15, -0.1) is 0 Å². The van der Waals surface area contributed by atoms with Crippen LogP contribution in [-0.2, 0) is 6.42 Å². The Labute approximate surface area is 233 Å². The fourth-order valence-corrected chi connectivity index (χ4v) is 7.21. The molecule has 0 saturated heterocycles. The van der Waals surface area contributed by atoms with Crippen LogP contribution in [0.5, 0.6) is 0 Å². The van der Waals surface area contributed by atoms with Gasteiger partial charge in [-0.1, -0.05) is 54.6 Å². The number of rotatable bonds is 1. The number of benzene rings is 5. The standard InChI is InChI=1S/C37H20N2O2/c38-19-20-9-11-21(12-10-20)22-17-29-25-13-15-27-23-5-1-3-7-31(23)40-36(27)34(25)39-33(29)30(18-22)26-14-16-28-24-6-2-4-8-32(24)41-37(28)35(26)39/h1,3-5,7-18H,2,6H2. The van der Waals surface area contributed by atoms with E-state index in [1.165, 1.54) is 27.2 Å². The molecule has 1 aliphatic rings. The van der Waals surface area contributed by atoms with E-state index >= 15 is 0 Å². The first-order chi connectivity index (χ1) is 20.3. The van der Waals surface area contributed by atoms with Crippen molar-refractivity contribution < 1.29 is 8.83 Å². The highest BCUT2D eigenvalue weighted by molar-refractivity contribution is 6.31. The summed E-state index contributed by atoms with van der Waals surface area (Å²) in [4.78, 5) is 0. The number of furan rings is 2. The summed E-state index contributed by atoms with van der Waals surface area (Å²) in [6.45, 7) is 0. The quantitative estimate of drug-likeness (QED) is 0.215. The maximum atomic E-state index is 9.34. The smallest absolute Gasteiger partial charge is 0.160 e. The molecule has 9 aromatic rings. The molecule has 4 heterocycles. The summed E-state index contributed by atoms with van der Waals surface area (Å²) in [7, 11) is 0. The molecule has 5 aromatic carbocycles. The Bertz CT molecular complexity index is 2640. The van der Waals surface area contributed by atoms with Crippen LogP contribution < -0.4 is 0 Å². The molecule has 4 nitrogen and oxygen atoms in total. The van der Waals surface area contributed by atoms with Crippen molar-refractivity contribution in [1.82, 2.24) is 4.40 Å². The molecule has 0 aliphatic heterocycles. The minimum absolute atomic E-state index is 0.659. The largest absolute Gasteiger partial charge is 0.454 e. The highest BCUT2D eigenvalue weighted by Gasteiger charge is 2.26. The molecule has 0 N–H and O–H groups in total. The molecule has 0 spiro atoms. The van der Waals surface area contributed by atoms with Crippen LogP contribution >= 0.6 is 0 Å². The van der Waals surface area contributed by atoms with Crippen molar-refractivity contribution in [3.8, 4) is 17.2 Å². The molecule has 0 atom stereocenters. The third kappa shape index (κ3) is 2.59. The predicted octanol–water partition coefficient (Wildman–Crippen LogP) is 9.98. The van der Waals surface area contributed by atoms with E-state index in [1.54, 1.807) is 0 Å². The lowest BCUT2D eigenvalue weighted by Gasteiger charge is -2.05. The van der Waals surface area contributed by atoms with Crippen molar-refractivity contribution in [2.24, 2.45) is 0 Å². The first-order valence-corrected chi connectivity index (χ1v) is 14.0. The number of hydrogen-bond donors (Lipinski definition) is 0. The topological polar surface area (TPSA) is 54.5 Å². The Hall–Kier alpha value is -5.53. The zero-order chi connectivity index (χ0) is 26.8. The monoisotopic (exact) mass is 524 g/mol. The van der Waals surface area contributed by atoms with Gasteiger partial charge in [0.2, 0.25) is 0 Å². The summed E-state index contributed by atoms with van der Waals surface area (Å²) in [5.41, 5.74) is 10.2. The SMILES string of the molecule is N#Cc1ccc(-c2cc3c4ccc5c6c(oc5c4n4c3c(c2)c2ccc3c5ccccc5oc3c24)C=CCC6)cc1. The van der Waals surface area contributed by atoms with E-state index in [9.17, 15) is 5.26 Å². The summed E-state index contributed by atoms with van der Waals surface area (Å²) in [6.07, 6.45) is 6.34. The van der Waals surface area contributed by atoms with Gasteiger partial charge in [-0.05, 0) is 66.4 Å². The van der Waals surface area contributed by atoms with E-state index < -0.39 is 0 Å². The minimum Gasteiger partial charge on any atom is -0.454 e. The van der Waals surface area contributed by atoms with Crippen molar-refractivity contribution in [2.45, 2.75) is 12.8 Å². The molecular weight excluding hydrogens is 504 g/mol. The third-order valence-corrected chi connectivity index (χ3v) is 9.03. The van der Waals surface area contributed by atoms with Crippen LogP contribution in [0.3, 0.4) is 0 Å². The molecule has 10 rings (SSSR count). The predicted molar refractivity (Wildman–Crippen MR) is 166 cm³/mol. The Morgan fingerprint density at radius 3 is 2.12 bits per heavy atom. The van der Waals surface area contributed by atoms with Crippen molar-refractivity contribution in [3.63, 3.8) is 0 Å². The highest BCUT2D eigenvalue weighted by atomic mass is 16.3. The van der Waals surface area contributed by atoms with Crippen LogP contribution in [0.4, 0.5) is 0 Å². The zero-order valence-corrected chi connectivity index (χ0v) is 21.9. The van der Waals surface area contributed by atoms with Gasteiger partial charge in [0.15, 0.2) is 11.2 Å². The van der Waals surface area contributed by atoms with E-state index in [0.29, 0.717) is 5.56 Å². The maximum absolute atomic E-state index is 9.34. The van der Waals surface area contributed by atoms with Crippen LogP contribution in [0.15, 0.2) is 99.8 Å². The van der Waals surface area contributed by atoms with Crippen LogP contribution in [0.2, 0.25) is 0 Å². The summed E-state index contributed by atoms with van der Waals surface area (Å²) in [5.74, 6) is 0.968. The fourth-order valence-electron chi connectivity index (χ4n) is 7.21. The number of nitrogens with zero attached hydrogens (tertiary/aromatic N) is 2. The van der Waals surface area contributed by atoms with Crippen molar-refractivity contribution in [2.75, 3.05) is 0 Å². The molecule has 4 heteroatoms. The number of allylic oxidation sites excluding steroid dienone is 1. The molecule has 0 unspecified atom stereocenters. The second-order valence-corrected chi connectivity index (χ2v) is 11.1. The van der Waals surface area contributed by atoms with Gasteiger partial charge in [0.05, 0.1) is 28.2 Å². The van der Waals surface area contributed by atoms with E-state index in [-0.39, 0.29) is 0 Å². The molecular formula is C37H20N2O2. The number of fused-ring (bicyclic) bond motifs is 14. The molecule has 190 valence electrons. The highest BCUT2D eigenvalue weighted by Crippen LogP contribution is 2.47. The number of para-hydroxylation sites is 1. The van der Waals surface area contributed by atoms with Crippen molar-refractivity contribution in [3.05, 3.63) is 108 Å². The van der Waals surface area contributed by atoms with Crippen molar-refractivity contribution in [1.29, 1.82) is 5.26 Å². The van der Waals surface area contributed by atoms with Crippen LogP contribution in [0.25, 0.3) is 88.2 Å². The second kappa shape index (κ2) is 7.35. The Morgan fingerprint density at radius 1 is 0.634 bits per heavy atom. The average molecular weight is 525 g/mol. The van der Waals surface area contributed by atoms with Gasteiger partial charge in [0.25, 0.3) is 0 Å². The average Bonchev–Trinajstić information content (AvgIpc) is 3.76. The Morgan fingerprint density at radius 2 is 1.34 bits per heavy atom. The molecule has 0 fully saturated rings. The molecule has 0 radical (unpaired) electrons. The molecule has 1 aliphatic carbocycles. The lowest BCUT2D eigenvalue weighted by atomic mass is 9.97. The first kappa shape index (κ1) is 21.3. The normalized spacial score (nSPS) is 13.5. The molecule has 0 bridgehead atoms. The summed E-state index contributed by atoms with van der Waals surface area (Å²) >= 11 is 0. The van der Waals surface area contributed by atoms with E-state index in [1.807, 2.05) is 36.4 Å². The summed E-state index contributed by atoms with van der Waals surface area (Å²) in [6, 6.07) is 31.9. The van der Waals surface area contributed by atoms with Gasteiger partial charge in [0.1, 0.15) is 11.3 Å². The van der Waals surface area contributed by atoms with Crippen LogP contribution in [-0.4, -0.2) is 4.40 Å². The maximum Gasteiger partial charge on any atom is 0.160 e. The summed E-state index contributed by atoms with van der Waals surface area (Å²) in [5, 5.41) is 17.5. The molecule has 0 amide bonds. The first-order valence-electron chi connectivity index (χ1n) is 14.0. The van der Waals surface area contributed by atoms with Crippen LogP contribution in [0.1, 0.15) is 23.3 Å². The van der Waals surface area contributed by atoms with Gasteiger partial charge < -0.3 is 13.2 Å². The summed E-state index contributed by atoms with van der Waals surface area (Å²) < 4.78 is 15.7. The minimum atomic E-state index is 0.659. The van der Waals surface area contributed by atoms with E-state index in [0.717, 1.165) is 79.1 Å². The van der Waals surface area contributed by atoms with Gasteiger partial charge in [-0.3, -0.25) is 0 Å². The fraction of sp³-hybridized carbons (Fsp3) is 0.0541. The number of aryl methyl sites for hydroxylation is 1. The van der Waals surface area contributed by atoms with E-state index in [4.69, 9.17) is 8.83 Å². The van der Waals surface area contributed by atoms with Gasteiger partial charge in [-0.2, -0.15) is 5.26 Å². The number of hydrogen-bond acceptors (Lipinski definition) is 3. The second-order valence-electron chi connectivity index (χ2n) is 11.1. The third-order valence-electron chi connectivity index (χ3n) is 9.03. The Balaban J connectivity index is 1.46.